The zero-order valence-corrected chi connectivity index (χ0v) is 48.4. The summed E-state index contributed by atoms with van der Waals surface area (Å²) in [6.45, 7) is 3.17. The van der Waals surface area contributed by atoms with Crippen molar-refractivity contribution in [2.45, 2.75) is 178 Å². The van der Waals surface area contributed by atoms with E-state index in [2.05, 4.69) is 69.8 Å². The summed E-state index contributed by atoms with van der Waals surface area (Å²) in [5.41, 5.74) is 44.0. The van der Waals surface area contributed by atoms with Crippen LogP contribution in [-0.2, 0) is 57.4 Å². The van der Waals surface area contributed by atoms with Gasteiger partial charge in [-0.2, -0.15) is 0 Å². The van der Waals surface area contributed by atoms with Gasteiger partial charge in [0.25, 0.3) is 0 Å². The SMILES string of the molecule is CCCCCCCCCC(=O)NC[C@@H]1NC(=O)[C@H](CCC(=O)NCCOCCOCC(=O)NC(CCCCN)C(N)=O)NC(=O)C(CCCN=C(N)N)NC(=O)C(CCCN=C(N)N)NC(=O)[C@H](CCCN=C(N)N)NC(=O)[C@H](C)NC1=O. The summed E-state index contributed by atoms with van der Waals surface area (Å²) in [7, 11) is 0. The molecule has 7 atom stereocenters. The van der Waals surface area contributed by atoms with E-state index in [0.717, 1.165) is 38.5 Å². The van der Waals surface area contributed by atoms with Gasteiger partial charge >= 0.3 is 0 Å². The quantitative estimate of drug-likeness (QED) is 0.0155. The number of hydrogen-bond acceptors (Lipinski definition) is 16. The van der Waals surface area contributed by atoms with Crippen LogP contribution in [0.25, 0.3) is 0 Å². The smallest absolute Gasteiger partial charge is 0.246 e. The zero-order valence-electron chi connectivity index (χ0n) is 48.4. The van der Waals surface area contributed by atoms with E-state index >= 15 is 0 Å². The lowest BCUT2D eigenvalue weighted by molar-refractivity contribution is -0.137. The molecular weight excluding hydrogens is 1080 g/mol. The standard InChI is InChI=1S/C51H96N20O12/c1-3-4-5-6-7-8-9-19-39(72)64-30-38-48(81)65-32(2)43(76)67-34(16-12-23-61-49(54)55)44(77)68-35(17-13-24-62-50(56)57)45(78)69-36(18-14-25-63-51(58)59)46(79)70-37(47(80)71-38)20-21-40(73)60-26-27-82-28-29-83-31-41(74)66-33(42(53)75)15-10-11-22-52/h32-38H,3-31,52H2,1-2H3,(H2,53,75)(H,60,73)(H,64,72)(H,65,81)(H,66,74)(H,67,76)(H,68,77)(H,69,78)(H,70,79)(H,71,80)(H4,54,55,61)(H4,56,57,62)(H4,58,59,63)/t32-,33?,34-,35?,36?,37-,38-/m0/s1. The topological polar surface area (TPSA) is 543 Å². The fourth-order valence-corrected chi connectivity index (χ4v) is 8.13. The molecule has 0 aromatic rings. The summed E-state index contributed by atoms with van der Waals surface area (Å²) in [6.07, 6.45) is 7.75. The van der Waals surface area contributed by atoms with E-state index in [0.29, 0.717) is 32.2 Å². The third-order valence-electron chi connectivity index (χ3n) is 12.7. The minimum absolute atomic E-state index is 0.00179. The molecule has 10 amide bonds. The van der Waals surface area contributed by atoms with Crippen LogP contribution in [-0.4, -0.2) is 185 Å². The van der Waals surface area contributed by atoms with Crippen LogP contribution in [0.2, 0.25) is 0 Å². The van der Waals surface area contributed by atoms with E-state index in [9.17, 15) is 47.9 Å². The van der Waals surface area contributed by atoms with Crippen molar-refractivity contribution in [1.82, 2.24) is 47.9 Å². The monoisotopic (exact) mass is 1180 g/mol. The van der Waals surface area contributed by atoms with Crippen LogP contribution >= 0.6 is 0 Å². The van der Waals surface area contributed by atoms with E-state index in [1.165, 1.54) is 6.92 Å². The molecule has 1 fully saturated rings. The van der Waals surface area contributed by atoms with Crippen LogP contribution in [0.4, 0.5) is 0 Å². The molecule has 0 aromatic carbocycles. The van der Waals surface area contributed by atoms with Gasteiger partial charge < -0.3 is 103 Å². The van der Waals surface area contributed by atoms with Gasteiger partial charge in [0.05, 0.1) is 19.8 Å². The van der Waals surface area contributed by atoms with Gasteiger partial charge in [-0.15, -0.1) is 0 Å². The Hall–Kier alpha value is -7.61. The number of hydrogen-bond donors (Lipinski definition) is 17. The van der Waals surface area contributed by atoms with Gasteiger partial charge in [0.15, 0.2) is 17.9 Å². The Morgan fingerprint density at radius 1 is 0.494 bits per heavy atom. The second kappa shape index (κ2) is 44.0. The van der Waals surface area contributed by atoms with Crippen LogP contribution in [0.5, 0.6) is 0 Å². The fourth-order valence-electron chi connectivity index (χ4n) is 8.13. The minimum Gasteiger partial charge on any atom is -0.377 e. The summed E-state index contributed by atoms with van der Waals surface area (Å²) in [5, 5.41) is 23.5. The molecule has 1 aliphatic rings. The maximum absolute atomic E-state index is 14.4. The molecule has 1 aliphatic heterocycles. The molecular formula is C51H96N20O12. The van der Waals surface area contributed by atoms with Crippen molar-refractivity contribution in [3.05, 3.63) is 0 Å². The van der Waals surface area contributed by atoms with E-state index in [1.54, 1.807) is 0 Å². The average Bonchev–Trinajstić information content (AvgIpc) is 3.48. The fraction of sp³-hybridized carbons (Fsp3) is 0.745. The van der Waals surface area contributed by atoms with Crippen molar-refractivity contribution in [2.75, 3.05) is 65.7 Å². The molecule has 0 saturated carbocycles. The minimum atomic E-state index is -1.58. The van der Waals surface area contributed by atoms with Gasteiger partial charge in [-0.25, -0.2) is 0 Å². The molecule has 0 aliphatic carbocycles. The second-order valence-electron chi connectivity index (χ2n) is 19.9. The molecule has 1 heterocycles. The van der Waals surface area contributed by atoms with Crippen molar-refractivity contribution in [2.24, 2.45) is 60.8 Å². The number of primary amides is 1. The Kier molecular flexibility index (Phi) is 38.9. The van der Waals surface area contributed by atoms with E-state index < -0.39 is 108 Å². The van der Waals surface area contributed by atoms with Crippen LogP contribution in [0.1, 0.15) is 136 Å². The largest absolute Gasteiger partial charge is 0.377 e. The number of carbonyl (C=O) groups excluding carboxylic acids is 10. The molecule has 3 unspecified atom stereocenters. The van der Waals surface area contributed by atoms with Gasteiger partial charge in [-0.05, 0) is 84.1 Å². The van der Waals surface area contributed by atoms with Gasteiger partial charge in [0, 0.05) is 45.6 Å². The van der Waals surface area contributed by atoms with Crippen LogP contribution in [0, 0.1) is 0 Å². The average molecular weight is 1180 g/mol. The van der Waals surface area contributed by atoms with Crippen molar-refractivity contribution < 1.29 is 57.4 Å². The zero-order chi connectivity index (χ0) is 62.0. The number of guanidine groups is 3. The normalized spacial score (nSPS) is 19.3. The first kappa shape index (κ1) is 73.4. The molecule has 472 valence electrons. The molecule has 0 spiro atoms. The predicted octanol–water partition coefficient (Wildman–Crippen LogP) is -5.62. The van der Waals surface area contributed by atoms with E-state index in [-0.39, 0.29) is 128 Å². The maximum atomic E-state index is 14.4. The van der Waals surface area contributed by atoms with Crippen molar-refractivity contribution in [3.8, 4) is 0 Å². The number of aliphatic imine (C=N–C) groups is 3. The Morgan fingerprint density at radius 2 is 0.940 bits per heavy atom. The van der Waals surface area contributed by atoms with Crippen molar-refractivity contribution in [3.63, 3.8) is 0 Å². The van der Waals surface area contributed by atoms with E-state index in [1.807, 2.05) is 0 Å². The van der Waals surface area contributed by atoms with Crippen molar-refractivity contribution >= 4 is 77.0 Å². The third kappa shape index (κ3) is 35.8. The van der Waals surface area contributed by atoms with Crippen LogP contribution in [0.3, 0.4) is 0 Å². The Balaban J connectivity index is 3.56. The number of unbranched alkanes of at least 4 members (excludes halogenated alkanes) is 7. The number of ether oxygens (including phenoxy) is 2. The number of amides is 10. The highest BCUT2D eigenvalue weighted by Crippen LogP contribution is 2.11. The predicted molar refractivity (Wildman–Crippen MR) is 311 cm³/mol. The summed E-state index contributed by atoms with van der Waals surface area (Å²) in [4.78, 5) is 148. The van der Waals surface area contributed by atoms with Gasteiger partial charge in [0.2, 0.25) is 59.1 Å². The van der Waals surface area contributed by atoms with Gasteiger partial charge in [0.1, 0.15) is 48.9 Å². The molecule has 83 heavy (non-hydrogen) atoms. The Labute approximate surface area is 485 Å². The Morgan fingerprint density at radius 3 is 1.43 bits per heavy atom. The number of rotatable bonds is 39. The second-order valence-corrected chi connectivity index (χ2v) is 19.9. The molecule has 25 N–H and O–H groups in total. The summed E-state index contributed by atoms with van der Waals surface area (Å²) in [6, 6.07) is -9.51. The lowest BCUT2D eigenvalue weighted by atomic mass is 10.0. The summed E-state index contributed by atoms with van der Waals surface area (Å²) >= 11 is 0. The number of carbonyl (C=O) groups is 10. The first-order valence-corrected chi connectivity index (χ1v) is 28.5. The first-order chi connectivity index (χ1) is 39.6. The first-order valence-electron chi connectivity index (χ1n) is 28.5. The van der Waals surface area contributed by atoms with Gasteiger partial charge in [-0.3, -0.25) is 62.9 Å². The van der Waals surface area contributed by atoms with Crippen LogP contribution < -0.4 is 93.7 Å². The molecule has 1 saturated heterocycles. The van der Waals surface area contributed by atoms with Gasteiger partial charge in [-0.1, -0.05) is 45.4 Å². The lowest BCUT2D eigenvalue weighted by Crippen LogP contribution is -2.62. The van der Waals surface area contributed by atoms with Crippen molar-refractivity contribution in [1.29, 1.82) is 0 Å². The number of nitrogens with two attached hydrogens (primary N) is 8. The third-order valence-corrected chi connectivity index (χ3v) is 12.7. The molecule has 0 aromatic heterocycles. The number of nitrogens with zero attached hydrogens (tertiary/aromatic N) is 3. The highest BCUT2D eigenvalue weighted by Gasteiger charge is 2.35. The maximum Gasteiger partial charge on any atom is 0.246 e. The Bertz CT molecular complexity index is 2120. The molecule has 32 heteroatoms. The highest BCUT2D eigenvalue weighted by atomic mass is 16.5. The van der Waals surface area contributed by atoms with Crippen LogP contribution in [0.15, 0.2) is 15.0 Å². The molecule has 0 bridgehead atoms. The molecule has 1 rings (SSSR count). The molecule has 32 nitrogen and oxygen atoms in total. The van der Waals surface area contributed by atoms with E-state index in [4.69, 9.17) is 55.3 Å². The molecule has 0 radical (unpaired) electrons. The lowest BCUT2D eigenvalue weighted by Gasteiger charge is -2.29. The highest BCUT2D eigenvalue weighted by molar-refractivity contribution is 5.98. The number of nitrogens with one attached hydrogen (secondary N) is 9. The summed E-state index contributed by atoms with van der Waals surface area (Å²) < 4.78 is 10.8. The summed E-state index contributed by atoms with van der Waals surface area (Å²) in [5.74, 6) is -8.25.